The summed E-state index contributed by atoms with van der Waals surface area (Å²) in [4.78, 5) is 12.4. The van der Waals surface area contributed by atoms with Crippen LogP contribution in [0.2, 0.25) is 0 Å². The standard InChI is InChI=1S/C36H48N6O2/c1-8-12-14-19-41-24-26(5)25-43-33-22-28(7)34(40-36(33)41)35(37-18-13-9-2)39-29-15-16-32(27(6)21-29)44-31-17-20-42(38-11-4)30(10-3)23-31/h10-11,13,15-18,20-23,26H,8-9,12,14,19,24-25H2,1-7H3,(H,37,39)/b18-13+,30-10?,38-11-. The zero-order valence-corrected chi connectivity index (χ0v) is 27.4. The molecule has 0 spiro atoms. The normalized spacial score (nSPS) is 18.1. The van der Waals surface area contributed by atoms with Crippen molar-refractivity contribution in [2.45, 2.75) is 74.1 Å². The van der Waals surface area contributed by atoms with E-state index in [0.29, 0.717) is 18.4 Å². The minimum Gasteiger partial charge on any atom is -0.489 e. The monoisotopic (exact) mass is 596 g/mol. The SMILES string of the molecule is CC=C1C=C(Oc2ccc(NC(=N/C=C/CC)c3nc4c(cc3C)OCC(C)CN4CCCCC)cc2C)C=CN1/N=C\C. The minimum absolute atomic E-state index is 0.422. The van der Waals surface area contributed by atoms with Crippen molar-refractivity contribution in [1.82, 2.24) is 9.99 Å². The number of hydrazone groups is 1. The van der Waals surface area contributed by atoms with Crippen molar-refractivity contribution >= 4 is 23.6 Å². The summed E-state index contributed by atoms with van der Waals surface area (Å²) in [6.45, 7) is 17.2. The van der Waals surface area contributed by atoms with Gasteiger partial charge in [0.15, 0.2) is 17.4 Å². The number of hydrogen-bond acceptors (Lipinski definition) is 7. The van der Waals surface area contributed by atoms with Crippen LogP contribution in [-0.2, 0) is 0 Å². The molecule has 4 rings (SSSR count). The highest BCUT2D eigenvalue weighted by Gasteiger charge is 2.24. The summed E-state index contributed by atoms with van der Waals surface area (Å²) in [5.74, 6) is 4.40. The highest BCUT2D eigenvalue weighted by Crippen LogP contribution is 2.33. The van der Waals surface area contributed by atoms with Crippen molar-refractivity contribution in [1.29, 1.82) is 0 Å². The molecule has 1 unspecified atom stereocenters. The fourth-order valence-corrected chi connectivity index (χ4v) is 5.14. The Morgan fingerprint density at radius 2 is 2.00 bits per heavy atom. The molecule has 0 aliphatic carbocycles. The molecule has 0 fully saturated rings. The Hall–Kier alpha value is -4.33. The molecule has 0 radical (unpaired) electrons. The van der Waals surface area contributed by atoms with E-state index in [1.807, 2.05) is 74.6 Å². The van der Waals surface area contributed by atoms with Crippen LogP contribution in [0, 0.1) is 19.8 Å². The number of allylic oxidation sites excluding steroid dienone is 4. The Morgan fingerprint density at radius 1 is 1.16 bits per heavy atom. The van der Waals surface area contributed by atoms with Gasteiger partial charge in [-0.2, -0.15) is 5.10 Å². The number of ether oxygens (including phenoxy) is 2. The fourth-order valence-electron chi connectivity index (χ4n) is 5.14. The molecule has 0 saturated heterocycles. The molecule has 0 amide bonds. The first-order chi connectivity index (χ1) is 21.4. The molecule has 2 aliphatic rings. The van der Waals surface area contributed by atoms with Gasteiger partial charge in [0.25, 0.3) is 0 Å². The van der Waals surface area contributed by atoms with Gasteiger partial charge in [0, 0.05) is 49.4 Å². The van der Waals surface area contributed by atoms with Gasteiger partial charge in [-0.25, -0.2) is 15.0 Å². The lowest BCUT2D eigenvalue weighted by molar-refractivity contribution is 0.273. The van der Waals surface area contributed by atoms with E-state index in [2.05, 4.69) is 55.1 Å². The van der Waals surface area contributed by atoms with Crippen LogP contribution in [0.4, 0.5) is 11.5 Å². The molecule has 8 nitrogen and oxygen atoms in total. The predicted octanol–water partition coefficient (Wildman–Crippen LogP) is 8.51. The quantitative estimate of drug-likeness (QED) is 0.159. The first-order valence-electron chi connectivity index (χ1n) is 15.9. The first kappa shape index (κ1) is 32.6. The van der Waals surface area contributed by atoms with Gasteiger partial charge in [0.2, 0.25) is 0 Å². The molecule has 1 N–H and O–H groups in total. The molecule has 1 aromatic heterocycles. The van der Waals surface area contributed by atoms with E-state index in [0.717, 1.165) is 77.2 Å². The molecule has 8 heteroatoms. The van der Waals surface area contributed by atoms with Crippen LogP contribution in [0.5, 0.6) is 11.5 Å². The maximum absolute atomic E-state index is 6.28. The van der Waals surface area contributed by atoms with Crippen LogP contribution < -0.4 is 19.7 Å². The number of aliphatic imine (C=N–C) groups is 1. The number of fused-ring (bicyclic) bond motifs is 1. The van der Waals surface area contributed by atoms with E-state index in [1.54, 1.807) is 6.21 Å². The zero-order valence-electron chi connectivity index (χ0n) is 27.4. The second-order valence-corrected chi connectivity index (χ2v) is 11.3. The fraction of sp³-hybridized carbons (Fsp3) is 0.417. The van der Waals surface area contributed by atoms with Crippen molar-refractivity contribution in [3.05, 3.63) is 89.2 Å². The second kappa shape index (κ2) is 15.9. The number of nitrogens with zero attached hydrogens (tertiary/aromatic N) is 5. The second-order valence-electron chi connectivity index (χ2n) is 11.3. The first-order valence-corrected chi connectivity index (χ1v) is 15.9. The van der Waals surface area contributed by atoms with Gasteiger partial charge in [0.05, 0.1) is 12.3 Å². The van der Waals surface area contributed by atoms with Crippen LogP contribution in [0.15, 0.2) is 82.5 Å². The van der Waals surface area contributed by atoms with Gasteiger partial charge < -0.3 is 19.7 Å². The molecule has 2 aromatic rings. The summed E-state index contributed by atoms with van der Waals surface area (Å²) < 4.78 is 12.5. The summed E-state index contributed by atoms with van der Waals surface area (Å²) >= 11 is 0. The number of benzene rings is 1. The van der Waals surface area contributed by atoms with Crippen LogP contribution in [0.1, 0.15) is 77.1 Å². The Kier molecular flexibility index (Phi) is 11.8. The van der Waals surface area contributed by atoms with Crippen LogP contribution in [0.3, 0.4) is 0 Å². The molecule has 1 aromatic carbocycles. The summed E-state index contributed by atoms with van der Waals surface area (Å²) in [5, 5.41) is 9.74. The van der Waals surface area contributed by atoms with Crippen molar-refractivity contribution in [2.24, 2.45) is 16.0 Å². The number of unbranched alkanes of at least 4 members (excludes halogenated alkanes) is 2. The number of pyridine rings is 1. The van der Waals surface area contributed by atoms with E-state index in [9.17, 15) is 0 Å². The van der Waals surface area contributed by atoms with Crippen LogP contribution >= 0.6 is 0 Å². The summed E-state index contributed by atoms with van der Waals surface area (Å²) in [6.07, 6.45) is 17.9. The molecular weight excluding hydrogens is 548 g/mol. The van der Waals surface area contributed by atoms with Gasteiger partial charge in [-0.05, 0) is 82.0 Å². The third-order valence-corrected chi connectivity index (χ3v) is 7.45. The molecule has 2 aliphatic heterocycles. The number of nitrogens with one attached hydrogen (secondary N) is 1. The summed E-state index contributed by atoms with van der Waals surface area (Å²) in [5.41, 5.74) is 4.68. The van der Waals surface area contributed by atoms with Crippen molar-refractivity contribution in [3.63, 3.8) is 0 Å². The molecular formula is C36H48N6O2. The number of aromatic nitrogens is 1. The third-order valence-electron chi connectivity index (χ3n) is 7.45. The van der Waals surface area contributed by atoms with Gasteiger partial charge in [-0.3, -0.25) is 0 Å². The zero-order chi connectivity index (χ0) is 31.5. The Labute approximate surface area is 263 Å². The Balaban J connectivity index is 1.62. The third kappa shape index (κ3) is 8.40. The lowest BCUT2D eigenvalue weighted by Gasteiger charge is -2.25. The molecule has 44 heavy (non-hydrogen) atoms. The number of aryl methyl sites for hydroxylation is 2. The van der Waals surface area contributed by atoms with E-state index in [4.69, 9.17) is 19.5 Å². The largest absolute Gasteiger partial charge is 0.489 e. The van der Waals surface area contributed by atoms with E-state index in [1.165, 1.54) is 12.8 Å². The minimum atomic E-state index is 0.422. The van der Waals surface area contributed by atoms with E-state index in [-0.39, 0.29) is 0 Å². The number of hydrogen-bond donors (Lipinski definition) is 1. The van der Waals surface area contributed by atoms with Gasteiger partial charge in [-0.15, -0.1) is 0 Å². The molecule has 3 heterocycles. The van der Waals surface area contributed by atoms with Gasteiger partial charge in [0.1, 0.15) is 17.2 Å². The van der Waals surface area contributed by atoms with Crippen molar-refractivity contribution in [3.8, 4) is 11.5 Å². The molecule has 1 atom stereocenters. The topological polar surface area (TPSA) is 74.6 Å². The van der Waals surface area contributed by atoms with Crippen molar-refractivity contribution < 1.29 is 9.47 Å². The number of amidine groups is 1. The molecule has 234 valence electrons. The average Bonchev–Trinajstić information content (AvgIpc) is 3.16. The Bertz CT molecular complexity index is 1470. The van der Waals surface area contributed by atoms with Crippen LogP contribution in [-0.4, -0.2) is 41.7 Å². The lowest BCUT2D eigenvalue weighted by Crippen LogP contribution is -2.30. The van der Waals surface area contributed by atoms with Gasteiger partial charge in [-0.1, -0.05) is 45.8 Å². The molecule has 0 bridgehead atoms. The maximum Gasteiger partial charge on any atom is 0.172 e. The average molecular weight is 597 g/mol. The maximum atomic E-state index is 6.28. The van der Waals surface area contributed by atoms with Crippen molar-refractivity contribution in [2.75, 3.05) is 29.9 Å². The lowest BCUT2D eigenvalue weighted by atomic mass is 10.1. The number of rotatable bonds is 11. The highest BCUT2D eigenvalue weighted by molar-refractivity contribution is 6.08. The Morgan fingerprint density at radius 3 is 2.73 bits per heavy atom. The summed E-state index contributed by atoms with van der Waals surface area (Å²) in [6, 6.07) is 8.19. The smallest absolute Gasteiger partial charge is 0.172 e. The number of anilines is 2. The molecule has 0 saturated carbocycles. The van der Waals surface area contributed by atoms with Gasteiger partial charge >= 0.3 is 0 Å². The van der Waals surface area contributed by atoms with E-state index >= 15 is 0 Å². The predicted molar refractivity (Wildman–Crippen MR) is 184 cm³/mol. The summed E-state index contributed by atoms with van der Waals surface area (Å²) in [7, 11) is 0. The van der Waals surface area contributed by atoms with E-state index < -0.39 is 0 Å². The van der Waals surface area contributed by atoms with Crippen LogP contribution in [0.25, 0.3) is 0 Å². The highest BCUT2D eigenvalue weighted by atomic mass is 16.5.